The average molecular weight is 378 g/mol. The van der Waals surface area contributed by atoms with Crippen LogP contribution in [0.4, 0.5) is 4.79 Å². The zero-order valence-corrected chi connectivity index (χ0v) is 17.3. The van der Waals surface area contributed by atoms with E-state index in [4.69, 9.17) is 10.5 Å². The molecule has 0 aliphatic heterocycles. The van der Waals surface area contributed by atoms with E-state index in [0.29, 0.717) is 32.5 Å². The monoisotopic (exact) mass is 377 g/mol. The fourth-order valence-electron chi connectivity index (χ4n) is 2.45. The summed E-state index contributed by atoms with van der Waals surface area (Å²) >= 11 is 0. The minimum absolute atomic E-state index is 0.0269. The van der Waals surface area contributed by atoms with Gasteiger partial charge in [-0.15, -0.1) is 0 Å². The number of rotatable bonds is 9. The number of carbonyl (C=O) groups is 2. The molecule has 0 saturated heterocycles. The molecule has 4 N–H and O–H groups in total. The summed E-state index contributed by atoms with van der Waals surface area (Å²) in [6.45, 7) is 10.9. The fourth-order valence-corrected chi connectivity index (χ4v) is 2.45. The summed E-state index contributed by atoms with van der Waals surface area (Å²) in [5.74, 6) is -0.0654. The molecule has 0 radical (unpaired) electrons. The van der Waals surface area contributed by atoms with Crippen LogP contribution in [-0.4, -0.2) is 37.2 Å². The number of nitrogens with one attached hydrogen (secondary N) is 2. The van der Waals surface area contributed by atoms with Crippen molar-refractivity contribution in [2.45, 2.75) is 53.1 Å². The number of carbonyl (C=O) groups excluding carboxylic acids is 2. The normalized spacial score (nSPS) is 13.0. The molecule has 0 aromatic heterocycles. The highest BCUT2D eigenvalue weighted by Crippen LogP contribution is 2.14. The van der Waals surface area contributed by atoms with Gasteiger partial charge < -0.3 is 21.1 Å². The standard InChI is InChI=1S/C21H35N3O3/c1-20(2,3)27-19(26)23-13-17(11-16-9-7-6-8-10-16)12-18(25)24-15-21(4,5)14-22/h6-10,17H,11-15,22H2,1-5H3,(H,23,26)(H,24,25)/t17-/m1/s1. The number of hydrogen-bond acceptors (Lipinski definition) is 4. The van der Waals surface area contributed by atoms with Gasteiger partial charge in [-0.05, 0) is 50.6 Å². The molecule has 0 aliphatic carbocycles. The van der Waals surface area contributed by atoms with Crippen molar-refractivity contribution in [3.8, 4) is 0 Å². The first-order valence-corrected chi connectivity index (χ1v) is 9.48. The van der Waals surface area contributed by atoms with Gasteiger partial charge in [0.2, 0.25) is 5.91 Å². The molecule has 1 aromatic carbocycles. The summed E-state index contributed by atoms with van der Waals surface area (Å²) in [4.78, 5) is 24.3. The predicted octanol–water partition coefficient (Wildman–Crippen LogP) is 2.86. The Kier molecular flexibility index (Phi) is 8.76. The van der Waals surface area contributed by atoms with Gasteiger partial charge in [0.05, 0.1) is 0 Å². The molecule has 6 nitrogen and oxygen atoms in total. The minimum atomic E-state index is -0.551. The quantitative estimate of drug-likeness (QED) is 0.617. The van der Waals surface area contributed by atoms with E-state index < -0.39 is 11.7 Å². The number of hydrogen-bond donors (Lipinski definition) is 3. The van der Waals surface area contributed by atoms with Gasteiger partial charge in [-0.3, -0.25) is 4.79 Å². The van der Waals surface area contributed by atoms with Crippen molar-refractivity contribution in [3.05, 3.63) is 35.9 Å². The van der Waals surface area contributed by atoms with Crippen molar-refractivity contribution in [1.29, 1.82) is 0 Å². The highest BCUT2D eigenvalue weighted by atomic mass is 16.6. The van der Waals surface area contributed by atoms with E-state index in [2.05, 4.69) is 10.6 Å². The van der Waals surface area contributed by atoms with Crippen LogP contribution in [0.2, 0.25) is 0 Å². The summed E-state index contributed by atoms with van der Waals surface area (Å²) in [5, 5.41) is 5.74. The van der Waals surface area contributed by atoms with Gasteiger partial charge in [0.15, 0.2) is 0 Å². The zero-order chi connectivity index (χ0) is 20.5. The smallest absolute Gasteiger partial charge is 0.407 e. The van der Waals surface area contributed by atoms with E-state index in [1.807, 2.05) is 65.0 Å². The number of nitrogens with two attached hydrogens (primary N) is 1. The third-order valence-corrected chi connectivity index (χ3v) is 4.09. The Morgan fingerprint density at radius 3 is 2.26 bits per heavy atom. The molecule has 0 saturated carbocycles. The Hall–Kier alpha value is -2.08. The number of alkyl carbamates (subject to hydrolysis) is 1. The predicted molar refractivity (Wildman–Crippen MR) is 108 cm³/mol. The molecule has 0 heterocycles. The zero-order valence-electron chi connectivity index (χ0n) is 17.3. The van der Waals surface area contributed by atoms with Crippen molar-refractivity contribution in [2.75, 3.05) is 19.6 Å². The molecule has 1 aromatic rings. The van der Waals surface area contributed by atoms with Crippen molar-refractivity contribution >= 4 is 12.0 Å². The fraction of sp³-hybridized carbons (Fsp3) is 0.619. The van der Waals surface area contributed by atoms with Gasteiger partial charge in [-0.2, -0.15) is 0 Å². The first-order chi connectivity index (χ1) is 12.5. The Labute approximate surface area is 163 Å². The Morgan fingerprint density at radius 1 is 1.07 bits per heavy atom. The second-order valence-electron chi connectivity index (χ2n) is 8.79. The second kappa shape index (κ2) is 10.3. The molecule has 2 amide bonds. The molecule has 1 rings (SSSR count). The molecule has 0 bridgehead atoms. The van der Waals surface area contributed by atoms with Crippen LogP contribution >= 0.6 is 0 Å². The van der Waals surface area contributed by atoms with Crippen molar-refractivity contribution in [2.24, 2.45) is 17.1 Å². The Balaban J connectivity index is 2.64. The third-order valence-electron chi connectivity index (χ3n) is 4.09. The largest absolute Gasteiger partial charge is 0.444 e. The summed E-state index contributed by atoms with van der Waals surface area (Å²) in [7, 11) is 0. The molecule has 0 spiro atoms. The molecule has 0 aliphatic rings. The van der Waals surface area contributed by atoms with Crippen LogP contribution in [0.5, 0.6) is 0 Å². The maximum absolute atomic E-state index is 12.4. The van der Waals surface area contributed by atoms with Crippen molar-refractivity contribution in [3.63, 3.8) is 0 Å². The Bertz CT molecular complexity index is 594. The van der Waals surface area contributed by atoms with E-state index >= 15 is 0 Å². The van der Waals surface area contributed by atoms with Crippen LogP contribution in [-0.2, 0) is 16.0 Å². The summed E-state index contributed by atoms with van der Waals surface area (Å²) in [6.07, 6.45) is 0.556. The number of benzene rings is 1. The maximum atomic E-state index is 12.4. The SMILES string of the molecule is CC(C)(CN)CNC(=O)C[C@H](CNC(=O)OC(C)(C)C)Cc1ccccc1. The van der Waals surface area contributed by atoms with Gasteiger partial charge in [0, 0.05) is 19.5 Å². The molecule has 27 heavy (non-hydrogen) atoms. The molecule has 0 fully saturated rings. The van der Waals surface area contributed by atoms with Crippen LogP contribution in [0.3, 0.4) is 0 Å². The molecule has 152 valence electrons. The van der Waals surface area contributed by atoms with Crippen molar-refractivity contribution < 1.29 is 14.3 Å². The van der Waals surface area contributed by atoms with Gasteiger partial charge >= 0.3 is 6.09 Å². The molecular weight excluding hydrogens is 342 g/mol. The maximum Gasteiger partial charge on any atom is 0.407 e. The van der Waals surface area contributed by atoms with Crippen LogP contribution in [0.15, 0.2) is 30.3 Å². The van der Waals surface area contributed by atoms with Crippen LogP contribution in [0.1, 0.15) is 46.6 Å². The van der Waals surface area contributed by atoms with Crippen molar-refractivity contribution in [1.82, 2.24) is 10.6 Å². The van der Waals surface area contributed by atoms with E-state index in [-0.39, 0.29) is 17.2 Å². The van der Waals surface area contributed by atoms with E-state index in [0.717, 1.165) is 5.56 Å². The average Bonchev–Trinajstić information content (AvgIpc) is 2.57. The van der Waals surface area contributed by atoms with Gasteiger partial charge in [0.1, 0.15) is 5.60 Å². The first-order valence-electron chi connectivity index (χ1n) is 9.48. The minimum Gasteiger partial charge on any atom is -0.444 e. The highest BCUT2D eigenvalue weighted by molar-refractivity contribution is 5.76. The topological polar surface area (TPSA) is 93.5 Å². The van der Waals surface area contributed by atoms with Crippen LogP contribution < -0.4 is 16.4 Å². The van der Waals surface area contributed by atoms with E-state index in [9.17, 15) is 9.59 Å². The summed E-state index contributed by atoms with van der Waals surface area (Å²) in [6, 6.07) is 9.94. The molecular formula is C21H35N3O3. The third kappa shape index (κ3) is 10.6. The van der Waals surface area contributed by atoms with Gasteiger partial charge in [-0.25, -0.2) is 4.79 Å². The first kappa shape index (κ1) is 23.0. The molecule has 0 unspecified atom stereocenters. The Morgan fingerprint density at radius 2 is 1.70 bits per heavy atom. The lowest BCUT2D eigenvalue weighted by Crippen LogP contribution is -2.40. The lowest BCUT2D eigenvalue weighted by Gasteiger charge is -2.24. The van der Waals surface area contributed by atoms with Crippen LogP contribution in [0.25, 0.3) is 0 Å². The molecule has 6 heteroatoms. The molecule has 1 atom stereocenters. The second-order valence-corrected chi connectivity index (χ2v) is 8.79. The number of amides is 2. The highest BCUT2D eigenvalue weighted by Gasteiger charge is 2.21. The lowest BCUT2D eigenvalue weighted by molar-refractivity contribution is -0.122. The van der Waals surface area contributed by atoms with Gasteiger partial charge in [0.25, 0.3) is 0 Å². The lowest BCUT2D eigenvalue weighted by atomic mass is 9.93. The summed E-state index contributed by atoms with van der Waals surface area (Å²) < 4.78 is 5.29. The van der Waals surface area contributed by atoms with Gasteiger partial charge in [-0.1, -0.05) is 44.2 Å². The van der Waals surface area contributed by atoms with Crippen LogP contribution in [0, 0.1) is 11.3 Å². The van der Waals surface area contributed by atoms with E-state index in [1.165, 1.54) is 0 Å². The summed E-state index contributed by atoms with van der Waals surface area (Å²) in [5.41, 5.74) is 6.15. The van der Waals surface area contributed by atoms with E-state index in [1.54, 1.807) is 0 Å². The number of ether oxygens (including phenoxy) is 1.